The second kappa shape index (κ2) is 5.85. The molecule has 0 radical (unpaired) electrons. The van der Waals surface area contributed by atoms with Gasteiger partial charge in [0, 0.05) is 12.6 Å². The molecule has 2 N–H and O–H groups in total. The van der Waals surface area contributed by atoms with E-state index in [0.29, 0.717) is 29.0 Å². The summed E-state index contributed by atoms with van der Waals surface area (Å²) in [4.78, 5) is 0. The van der Waals surface area contributed by atoms with Crippen LogP contribution in [-0.2, 0) is 21.4 Å². The molecule has 0 bridgehead atoms. The minimum Gasteiger partial charge on any atom is -0.313 e. The largest absolute Gasteiger partial charge is 0.313 e. The smallest absolute Gasteiger partial charge is 0.234 e. The van der Waals surface area contributed by atoms with Crippen LogP contribution in [0.1, 0.15) is 12.8 Å². The maximum atomic E-state index is 12.1. The van der Waals surface area contributed by atoms with Gasteiger partial charge in [-0.3, -0.25) is 4.72 Å². The Balaban J connectivity index is 1.78. The van der Waals surface area contributed by atoms with Crippen molar-refractivity contribution < 1.29 is 8.42 Å². The van der Waals surface area contributed by atoms with Crippen LogP contribution in [0.15, 0.2) is 14.8 Å². The van der Waals surface area contributed by atoms with Crippen molar-refractivity contribution in [2.75, 3.05) is 17.0 Å². The third-order valence-electron chi connectivity index (χ3n) is 3.08. The van der Waals surface area contributed by atoms with Crippen LogP contribution in [0.25, 0.3) is 0 Å². The Morgan fingerprint density at radius 2 is 1.95 bits per heavy atom. The molecule has 3 rings (SSSR count). The molecule has 6 nitrogen and oxygen atoms in total. The lowest BCUT2D eigenvalue weighted by Crippen LogP contribution is -2.28. The zero-order chi connectivity index (χ0) is 15.0. The molecule has 2 aliphatic rings. The third kappa shape index (κ3) is 3.57. The second-order valence-electron chi connectivity index (χ2n) is 4.83. The molecule has 0 amide bonds. The highest BCUT2D eigenvalue weighted by Gasteiger charge is 2.24. The molecule has 1 aromatic carbocycles. The minimum atomic E-state index is -3.51. The van der Waals surface area contributed by atoms with E-state index < -0.39 is 10.0 Å². The zero-order valence-corrected chi connectivity index (χ0v) is 13.9. The van der Waals surface area contributed by atoms with E-state index in [1.54, 1.807) is 0 Å². The highest BCUT2D eigenvalue weighted by atomic mass is 35.5. The van der Waals surface area contributed by atoms with Gasteiger partial charge in [0.2, 0.25) is 10.0 Å². The van der Waals surface area contributed by atoms with Crippen molar-refractivity contribution in [1.29, 1.82) is 0 Å². The number of fused-ring (bicyclic) bond motifs is 1. The maximum Gasteiger partial charge on any atom is 0.234 e. The van der Waals surface area contributed by atoms with Crippen LogP contribution in [0.3, 0.4) is 0 Å². The van der Waals surface area contributed by atoms with E-state index in [4.69, 9.17) is 23.2 Å². The highest BCUT2D eigenvalue weighted by Crippen LogP contribution is 2.47. The van der Waals surface area contributed by atoms with Crippen molar-refractivity contribution in [2.45, 2.75) is 18.9 Å². The number of nitrogens with one attached hydrogen (secondary N) is 2. The summed E-state index contributed by atoms with van der Waals surface area (Å²) in [7, 11) is -3.51. The summed E-state index contributed by atoms with van der Waals surface area (Å²) in [5.74, 6) is -0.0263. The first-order valence-electron chi connectivity index (χ1n) is 6.30. The minimum absolute atomic E-state index is 0.0263. The first kappa shape index (κ1) is 15.2. The summed E-state index contributed by atoms with van der Waals surface area (Å²) in [5.41, 5.74) is 1.05. The summed E-state index contributed by atoms with van der Waals surface area (Å²) in [6, 6.07) is 1.93. The lowest BCUT2D eigenvalue weighted by molar-refractivity contribution is 0.595. The van der Waals surface area contributed by atoms with E-state index in [0.717, 1.165) is 24.2 Å². The van der Waals surface area contributed by atoms with Crippen molar-refractivity contribution in [2.24, 2.45) is 8.73 Å². The molecule has 0 saturated heterocycles. The van der Waals surface area contributed by atoms with Gasteiger partial charge in [-0.2, -0.15) is 8.73 Å². The van der Waals surface area contributed by atoms with E-state index >= 15 is 0 Å². The van der Waals surface area contributed by atoms with Gasteiger partial charge in [0.1, 0.15) is 11.4 Å². The average molecular weight is 367 g/mol. The molecular weight excluding hydrogens is 355 g/mol. The molecule has 1 fully saturated rings. The number of halogens is 2. The topological polar surface area (TPSA) is 82.9 Å². The highest BCUT2D eigenvalue weighted by molar-refractivity contribution is 7.92. The number of nitrogens with zero attached hydrogens (tertiary/aromatic N) is 2. The molecule has 1 aromatic rings. The van der Waals surface area contributed by atoms with Crippen LogP contribution < -0.4 is 10.0 Å². The average Bonchev–Trinajstić information content (AvgIpc) is 3.08. The Hall–Kier alpha value is -0.670. The van der Waals surface area contributed by atoms with Gasteiger partial charge in [-0.25, -0.2) is 8.42 Å². The van der Waals surface area contributed by atoms with Crippen molar-refractivity contribution in [3.05, 3.63) is 16.1 Å². The number of rotatable bonds is 6. The van der Waals surface area contributed by atoms with Crippen LogP contribution in [-0.4, -0.2) is 26.8 Å². The molecule has 114 valence electrons. The van der Waals surface area contributed by atoms with Gasteiger partial charge in [0.25, 0.3) is 0 Å². The van der Waals surface area contributed by atoms with Gasteiger partial charge >= 0.3 is 0 Å². The van der Waals surface area contributed by atoms with Gasteiger partial charge in [0.05, 0.1) is 32.8 Å². The number of hydrogen-bond donors (Lipinski definition) is 2. The Bertz CT molecular complexity index is 756. The van der Waals surface area contributed by atoms with Gasteiger partial charge in [0.15, 0.2) is 0 Å². The van der Waals surface area contributed by atoms with Crippen LogP contribution in [0.5, 0.6) is 0 Å². The van der Waals surface area contributed by atoms with Gasteiger partial charge in [-0.15, -0.1) is 0 Å². The van der Waals surface area contributed by atoms with E-state index in [1.165, 1.54) is 6.07 Å². The molecule has 1 aliphatic carbocycles. The van der Waals surface area contributed by atoms with Gasteiger partial charge in [-0.05, 0) is 18.9 Å². The van der Waals surface area contributed by atoms with E-state index in [2.05, 4.69) is 18.8 Å². The lowest BCUT2D eigenvalue weighted by Gasteiger charge is -2.12. The van der Waals surface area contributed by atoms with Crippen LogP contribution in [0.4, 0.5) is 17.1 Å². The molecule has 10 heteroatoms. The van der Waals surface area contributed by atoms with E-state index in [-0.39, 0.29) is 16.5 Å². The quantitative estimate of drug-likeness (QED) is 0.822. The van der Waals surface area contributed by atoms with Crippen molar-refractivity contribution >= 4 is 61.6 Å². The molecule has 21 heavy (non-hydrogen) atoms. The molecule has 1 saturated carbocycles. The molecular formula is C11H12Cl2N4O2S2. The van der Waals surface area contributed by atoms with E-state index in [9.17, 15) is 8.42 Å². The molecule has 0 unspecified atom stereocenters. The Morgan fingerprint density at radius 3 is 2.67 bits per heavy atom. The summed E-state index contributed by atoms with van der Waals surface area (Å²) in [5, 5.41) is 3.71. The predicted octanol–water partition coefficient (Wildman–Crippen LogP) is 3.21. The normalized spacial score (nSPS) is 16.7. The molecule has 0 spiro atoms. The number of sulfonamides is 1. The second-order valence-corrected chi connectivity index (χ2v) is 8.01. The lowest BCUT2D eigenvalue weighted by atomic mass is 10.2. The SMILES string of the molecule is O=S(=O)(CCNC1CC1)Nc1c(Cl)cc(Cl)c2c1N=S=N2. The number of anilines is 1. The fourth-order valence-corrected chi connectivity index (χ4v) is 4.08. The van der Waals surface area contributed by atoms with Gasteiger partial charge < -0.3 is 5.32 Å². The molecule has 1 heterocycles. The van der Waals surface area contributed by atoms with E-state index in [1.807, 2.05) is 0 Å². The molecule has 1 aliphatic heterocycles. The van der Waals surface area contributed by atoms with Crippen LogP contribution >= 0.6 is 23.2 Å². The first-order chi connectivity index (χ1) is 9.96. The van der Waals surface area contributed by atoms with Crippen molar-refractivity contribution in [3.63, 3.8) is 0 Å². The summed E-state index contributed by atoms with van der Waals surface area (Å²) >= 11 is 13.0. The summed E-state index contributed by atoms with van der Waals surface area (Å²) < 4.78 is 34.8. The van der Waals surface area contributed by atoms with Gasteiger partial charge in [-0.1, -0.05) is 23.2 Å². The third-order valence-corrected chi connectivity index (χ3v) is 5.45. The standard InChI is InChI=1S/C11H12Cl2N4O2S2/c12-7-5-8(13)10(11-9(7)15-20-16-11)17-21(18,19)4-3-14-6-1-2-6/h5-6,14,17H,1-4H2. The molecule has 0 aromatic heterocycles. The monoisotopic (exact) mass is 366 g/mol. The fourth-order valence-electron chi connectivity index (χ4n) is 1.86. The Morgan fingerprint density at radius 1 is 1.24 bits per heavy atom. The molecule has 0 atom stereocenters. The Kier molecular flexibility index (Phi) is 4.24. The zero-order valence-electron chi connectivity index (χ0n) is 10.8. The fraction of sp³-hybridized carbons (Fsp3) is 0.455. The van der Waals surface area contributed by atoms with Crippen molar-refractivity contribution in [3.8, 4) is 0 Å². The maximum absolute atomic E-state index is 12.1. The number of benzene rings is 1. The predicted molar refractivity (Wildman–Crippen MR) is 86.4 cm³/mol. The summed E-state index contributed by atoms with van der Waals surface area (Å²) in [6.45, 7) is 0.406. The Labute approximate surface area is 136 Å². The van der Waals surface area contributed by atoms with Crippen molar-refractivity contribution in [1.82, 2.24) is 5.32 Å². The number of hydrogen-bond acceptors (Lipinski definition) is 5. The summed E-state index contributed by atoms with van der Waals surface area (Å²) in [6.07, 6.45) is 2.23. The van der Waals surface area contributed by atoms with Crippen LogP contribution in [0, 0.1) is 0 Å². The van der Waals surface area contributed by atoms with Crippen LogP contribution in [0.2, 0.25) is 10.0 Å². The first-order valence-corrected chi connectivity index (χ1v) is 9.44.